The Bertz CT molecular complexity index is 655. The SMILES string of the molecule is CNc1cnn(Cc2ccccc2C#N)c(=O)c1. The zero-order valence-electron chi connectivity index (χ0n) is 9.92. The van der Waals surface area contributed by atoms with Crippen molar-refractivity contribution in [2.24, 2.45) is 0 Å². The molecule has 1 heterocycles. The van der Waals surface area contributed by atoms with Crippen molar-refractivity contribution in [1.29, 1.82) is 5.26 Å². The van der Waals surface area contributed by atoms with Crippen LogP contribution in [0.1, 0.15) is 11.1 Å². The van der Waals surface area contributed by atoms with Crippen LogP contribution in [0.2, 0.25) is 0 Å². The van der Waals surface area contributed by atoms with Crippen molar-refractivity contribution in [1.82, 2.24) is 9.78 Å². The highest BCUT2D eigenvalue weighted by molar-refractivity contribution is 5.39. The second-order valence-electron chi connectivity index (χ2n) is 3.76. The van der Waals surface area contributed by atoms with Crippen LogP contribution in [-0.2, 0) is 6.54 Å². The molecule has 0 bridgehead atoms. The minimum atomic E-state index is -0.199. The maximum absolute atomic E-state index is 11.8. The Morgan fingerprint density at radius 1 is 1.44 bits per heavy atom. The van der Waals surface area contributed by atoms with Gasteiger partial charge in [0.15, 0.2) is 0 Å². The minimum absolute atomic E-state index is 0.199. The fourth-order valence-corrected chi connectivity index (χ4v) is 1.62. The molecule has 0 amide bonds. The van der Waals surface area contributed by atoms with E-state index in [1.165, 1.54) is 10.7 Å². The Kier molecular flexibility index (Phi) is 3.39. The number of nitrogens with zero attached hydrogens (tertiary/aromatic N) is 3. The van der Waals surface area contributed by atoms with Crippen LogP contribution in [-0.4, -0.2) is 16.8 Å². The lowest BCUT2D eigenvalue weighted by Crippen LogP contribution is -2.23. The summed E-state index contributed by atoms with van der Waals surface area (Å²) in [5, 5.41) is 15.9. The van der Waals surface area contributed by atoms with Gasteiger partial charge in [-0.05, 0) is 11.6 Å². The van der Waals surface area contributed by atoms with Gasteiger partial charge >= 0.3 is 0 Å². The van der Waals surface area contributed by atoms with Crippen LogP contribution in [0.15, 0.2) is 41.3 Å². The van der Waals surface area contributed by atoms with Crippen LogP contribution in [0.4, 0.5) is 5.69 Å². The number of rotatable bonds is 3. The van der Waals surface area contributed by atoms with Gasteiger partial charge in [-0.1, -0.05) is 18.2 Å². The molecule has 2 aromatic rings. The first-order chi connectivity index (χ1) is 8.74. The van der Waals surface area contributed by atoms with E-state index in [9.17, 15) is 4.79 Å². The third-order valence-electron chi connectivity index (χ3n) is 2.62. The predicted molar refractivity (Wildman–Crippen MR) is 68.3 cm³/mol. The molecule has 0 aliphatic rings. The van der Waals surface area contributed by atoms with Crippen molar-refractivity contribution in [3.8, 4) is 6.07 Å². The van der Waals surface area contributed by atoms with Crippen LogP contribution >= 0.6 is 0 Å². The number of anilines is 1. The molecule has 0 unspecified atom stereocenters. The second-order valence-corrected chi connectivity index (χ2v) is 3.76. The van der Waals surface area contributed by atoms with Crippen LogP contribution in [0, 0.1) is 11.3 Å². The van der Waals surface area contributed by atoms with Crippen LogP contribution in [0.3, 0.4) is 0 Å². The molecule has 18 heavy (non-hydrogen) atoms. The molecular weight excluding hydrogens is 228 g/mol. The van der Waals surface area contributed by atoms with Gasteiger partial charge in [0.1, 0.15) is 0 Å². The summed E-state index contributed by atoms with van der Waals surface area (Å²) in [6.45, 7) is 0.298. The monoisotopic (exact) mass is 240 g/mol. The van der Waals surface area contributed by atoms with Crippen LogP contribution in [0.25, 0.3) is 0 Å². The third-order valence-corrected chi connectivity index (χ3v) is 2.62. The van der Waals surface area contributed by atoms with E-state index in [1.807, 2.05) is 12.1 Å². The van der Waals surface area contributed by atoms with E-state index >= 15 is 0 Å². The quantitative estimate of drug-likeness (QED) is 0.875. The first-order valence-electron chi connectivity index (χ1n) is 5.47. The highest BCUT2D eigenvalue weighted by atomic mass is 16.1. The van der Waals surface area contributed by atoms with Gasteiger partial charge in [0.25, 0.3) is 5.56 Å². The zero-order chi connectivity index (χ0) is 13.0. The molecular formula is C13H12N4O. The van der Waals surface area contributed by atoms with E-state index in [4.69, 9.17) is 5.26 Å². The molecule has 0 saturated heterocycles. The third kappa shape index (κ3) is 2.38. The lowest BCUT2D eigenvalue weighted by atomic mass is 10.1. The maximum atomic E-state index is 11.8. The number of nitriles is 1. The molecule has 1 N–H and O–H groups in total. The molecule has 90 valence electrons. The molecule has 0 aliphatic carbocycles. The second kappa shape index (κ2) is 5.15. The first-order valence-corrected chi connectivity index (χ1v) is 5.47. The fourth-order valence-electron chi connectivity index (χ4n) is 1.62. The Balaban J connectivity index is 2.35. The predicted octanol–water partition coefficient (Wildman–Crippen LogP) is 1.20. The normalized spacial score (nSPS) is 9.78. The average molecular weight is 240 g/mol. The Labute approximate surface area is 104 Å². The summed E-state index contributed by atoms with van der Waals surface area (Å²) < 4.78 is 1.33. The summed E-state index contributed by atoms with van der Waals surface area (Å²) >= 11 is 0. The summed E-state index contributed by atoms with van der Waals surface area (Å²) in [5.74, 6) is 0. The van der Waals surface area contributed by atoms with Crippen molar-refractivity contribution in [2.45, 2.75) is 6.54 Å². The molecule has 1 aromatic carbocycles. The number of aromatic nitrogens is 2. The number of hydrogen-bond acceptors (Lipinski definition) is 4. The van der Waals surface area contributed by atoms with Gasteiger partial charge in [0, 0.05) is 13.1 Å². The van der Waals surface area contributed by atoms with Gasteiger partial charge in [-0.2, -0.15) is 10.4 Å². The average Bonchev–Trinajstić information content (AvgIpc) is 2.41. The minimum Gasteiger partial charge on any atom is -0.387 e. The molecule has 0 radical (unpaired) electrons. The molecule has 0 spiro atoms. The smallest absolute Gasteiger partial charge is 0.269 e. The molecule has 0 saturated carbocycles. The van der Waals surface area contributed by atoms with Gasteiger partial charge < -0.3 is 5.32 Å². The molecule has 0 fully saturated rings. The largest absolute Gasteiger partial charge is 0.387 e. The Hall–Kier alpha value is -2.61. The van der Waals surface area contributed by atoms with Gasteiger partial charge in [-0.15, -0.1) is 0 Å². The van der Waals surface area contributed by atoms with E-state index in [0.29, 0.717) is 17.8 Å². The van der Waals surface area contributed by atoms with Gasteiger partial charge in [0.2, 0.25) is 0 Å². The highest BCUT2D eigenvalue weighted by Gasteiger charge is 2.04. The van der Waals surface area contributed by atoms with Crippen molar-refractivity contribution in [3.63, 3.8) is 0 Å². The molecule has 0 atom stereocenters. The van der Waals surface area contributed by atoms with Gasteiger partial charge in [0.05, 0.1) is 30.1 Å². The van der Waals surface area contributed by atoms with E-state index < -0.39 is 0 Å². The van der Waals surface area contributed by atoms with E-state index in [-0.39, 0.29) is 5.56 Å². The van der Waals surface area contributed by atoms with Crippen molar-refractivity contribution >= 4 is 5.69 Å². The fraction of sp³-hybridized carbons (Fsp3) is 0.154. The van der Waals surface area contributed by atoms with Gasteiger partial charge in [-0.3, -0.25) is 4.79 Å². The van der Waals surface area contributed by atoms with Crippen LogP contribution in [0.5, 0.6) is 0 Å². The molecule has 1 aromatic heterocycles. The summed E-state index contributed by atoms with van der Waals surface area (Å²) in [5.41, 5.74) is 1.81. The maximum Gasteiger partial charge on any atom is 0.269 e. The first kappa shape index (κ1) is 11.9. The Morgan fingerprint density at radius 2 is 2.22 bits per heavy atom. The van der Waals surface area contributed by atoms with E-state index in [0.717, 1.165) is 5.56 Å². The molecule has 2 rings (SSSR count). The molecule has 5 nitrogen and oxygen atoms in total. The summed E-state index contributed by atoms with van der Waals surface area (Å²) in [4.78, 5) is 11.8. The Morgan fingerprint density at radius 3 is 2.89 bits per heavy atom. The van der Waals surface area contributed by atoms with E-state index in [2.05, 4.69) is 16.5 Å². The van der Waals surface area contributed by atoms with Crippen molar-refractivity contribution in [3.05, 3.63) is 58.0 Å². The number of hydrogen-bond donors (Lipinski definition) is 1. The zero-order valence-corrected chi connectivity index (χ0v) is 9.92. The van der Waals surface area contributed by atoms with E-state index in [1.54, 1.807) is 25.4 Å². The lowest BCUT2D eigenvalue weighted by Gasteiger charge is -2.07. The number of benzene rings is 1. The molecule has 0 aliphatic heterocycles. The topological polar surface area (TPSA) is 70.7 Å². The molecule has 5 heteroatoms. The summed E-state index contributed by atoms with van der Waals surface area (Å²) in [6, 6.07) is 10.7. The number of nitrogens with one attached hydrogen (secondary N) is 1. The standard InChI is InChI=1S/C13H12N4O/c1-15-12-6-13(18)17(16-8-12)9-11-5-3-2-4-10(11)7-14/h2-6,8,15H,9H2,1H3. The van der Waals surface area contributed by atoms with Crippen molar-refractivity contribution in [2.75, 3.05) is 12.4 Å². The summed E-state index contributed by atoms with van der Waals surface area (Å²) in [6.07, 6.45) is 1.58. The van der Waals surface area contributed by atoms with Crippen LogP contribution < -0.4 is 10.9 Å². The lowest BCUT2D eigenvalue weighted by molar-refractivity contribution is 0.639. The van der Waals surface area contributed by atoms with Gasteiger partial charge in [-0.25, -0.2) is 4.68 Å². The summed E-state index contributed by atoms with van der Waals surface area (Å²) in [7, 11) is 1.73. The van der Waals surface area contributed by atoms with Crippen molar-refractivity contribution < 1.29 is 0 Å². The highest BCUT2D eigenvalue weighted by Crippen LogP contribution is 2.08.